The van der Waals surface area contributed by atoms with Crippen LogP contribution >= 0.6 is 11.6 Å². The minimum atomic E-state index is -4.87. The van der Waals surface area contributed by atoms with Gasteiger partial charge in [-0.1, -0.05) is 0 Å². The van der Waals surface area contributed by atoms with Crippen molar-refractivity contribution in [2.24, 2.45) is 0 Å². The van der Waals surface area contributed by atoms with Crippen LogP contribution in [0.1, 0.15) is 16.1 Å². The van der Waals surface area contributed by atoms with E-state index in [2.05, 4.69) is 16.3 Å². The molecule has 0 aliphatic carbocycles. The van der Waals surface area contributed by atoms with Crippen LogP contribution in [-0.2, 0) is 10.7 Å². The lowest BCUT2D eigenvalue weighted by atomic mass is 10.2. The fourth-order valence-corrected chi connectivity index (χ4v) is 1.18. The Hall–Kier alpha value is -1.57. The minimum absolute atomic E-state index is 0.462. The average Bonchev–Trinajstić information content (AvgIpc) is 2.26. The predicted molar refractivity (Wildman–Crippen MR) is 53.1 cm³/mol. The smallest absolute Gasteiger partial charge is 0.390 e. The van der Waals surface area contributed by atoms with Crippen LogP contribution in [0.2, 0.25) is 0 Å². The number of nitrogens with one attached hydrogen (secondary N) is 1. The predicted octanol–water partition coefficient (Wildman–Crippen LogP) is 2.08. The maximum atomic E-state index is 13.1. The first-order valence-corrected chi connectivity index (χ1v) is 4.75. The van der Waals surface area contributed by atoms with Crippen molar-refractivity contribution in [3.05, 3.63) is 33.7 Å². The molecular weight excluding hydrogens is 282 g/mol. The number of carbonyl (C=O) groups excluding carboxylic acids is 1. The summed E-state index contributed by atoms with van der Waals surface area (Å²) in [6, 6.07) is 1.11. The van der Waals surface area contributed by atoms with E-state index in [4.69, 9.17) is 0 Å². The van der Waals surface area contributed by atoms with E-state index in [0.717, 1.165) is 7.11 Å². The van der Waals surface area contributed by atoms with Crippen molar-refractivity contribution in [1.82, 2.24) is 4.98 Å². The Kier molecular flexibility index (Phi) is 3.70. The standard InChI is InChI=1S/C9H6ClF4NO3/c1-18-7(17)4-2-3-5(15-6(4)16)8(11,12)9(10,13)14/h2-3H,1H3,(H,15,16). The summed E-state index contributed by atoms with van der Waals surface area (Å²) < 4.78 is 55.3. The number of carbonyl (C=O) groups is 1. The molecule has 4 nitrogen and oxygen atoms in total. The lowest BCUT2D eigenvalue weighted by Crippen LogP contribution is -2.35. The number of ether oxygens (including phenoxy) is 1. The Morgan fingerprint density at radius 2 is 1.89 bits per heavy atom. The molecule has 1 N–H and O–H groups in total. The topological polar surface area (TPSA) is 59.2 Å². The van der Waals surface area contributed by atoms with Crippen molar-refractivity contribution in [2.75, 3.05) is 7.11 Å². The molecule has 0 radical (unpaired) electrons. The molecule has 0 amide bonds. The summed E-state index contributed by atoms with van der Waals surface area (Å²) in [7, 11) is 0.969. The molecular formula is C9H6ClF4NO3. The SMILES string of the molecule is COC(=O)c1ccc(C(F)(F)C(F)(F)Cl)[nH]c1=O. The Morgan fingerprint density at radius 3 is 2.28 bits per heavy atom. The second-order valence-electron chi connectivity index (χ2n) is 3.18. The zero-order valence-electron chi connectivity index (χ0n) is 8.77. The van der Waals surface area contributed by atoms with Crippen LogP contribution < -0.4 is 5.56 Å². The van der Waals surface area contributed by atoms with Gasteiger partial charge in [-0.25, -0.2) is 4.79 Å². The largest absolute Gasteiger partial charge is 0.465 e. The lowest BCUT2D eigenvalue weighted by molar-refractivity contribution is -0.166. The van der Waals surface area contributed by atoms with Gasteiger partial charge in [-0.2, -0.15) is 17.6 Å². The van der Waals surface area contributed by atoms with Crippen molar-refractivity contribution in [2.45, 2.75) is 11.3 Å². The number of rotatable bonds is 3. The first-order chi connectivity index (χ1) is 8.11. The molecule has 1 aromatic heterocycles. The number of H-pyrrole nitrogens is 1. The van der Waals surface area contributed by atoms with Crippen molar-refractivity contribution < 1.29 is 27.1 Å². The zero-order valence-corrected chi connectivity index (χ0v) is 9.53. The number of aromatic nitrogens is 1. The first-order valence-electron chi connectivity index (χ1n) is 4.38. The number of aromatic amines is 1. The van der Waals surface area contributed by atoms with E-state index in [-0.39, 0.29) is 0 Å². The van der Waals surface area contributed by atoms with E-state index in [1.807, 2.05) is 0 Å². The van der Waals surface area contributed by atoms with Crippen LogP contribution in [0.3, 0.4) is 0 Å². The van der Waals surface area contributed by atoms with E-state index in [1.165, 1.54) is 4.98 Å². The number of hydrogen-bond donors (Lipinski definition) is 1. The average molecular weight is 288 g/mol. The Balaban J connectivity index is 3.29. The highest BCUT2D eigenvalue weighted by atomic mass is 35.5. The van der Waals surface area contributed by atoms with E-state index in [0.29, 0.717) is 12.1 Å². The fraction of sp³-hybridized carbons (Fsp3) is 0.333. The molecule has 9 heteroatoms. The van der Waals surface area contributed by atoms with Gasteiger partial charge in [-0.05, 0) is 23.7 Å². The minimum Gasteiger partial charge on any atom is -0.465 e. The van der Waals surface area contributed by atoms with Crippen molar-refractivity contribution >= 4 is 17.6 Å². The van der Waals surface area contributed by atoms with Gasteiger partial charge in [-0.15, -0.1) is 0 Å². The summed E-state index contributed by atoms with van der Waals surface area (Å²) in [5.41, 5.74) is -3.27. The maximum Gasteiger partial charge on any atom is 0.390 e. The van der Waals surface area contributed by atoms with Gasteiger partial charge < -0.3 is 9.72 Å². The van der Waals surface area contributed by atoms with Gasteiger partial charge in [0.05, 0.1) is 12.8 Å². The molecule has 0 aliphatic rings. The molecule has 18 heavy (non-hydrogen) atoms. The van der Waals surface area contributed by atoms with Crippen LogP contribution in [0.15, 0.2) is 16.9 Å². The summed E-state index contributed by atoms with van der Waals surface area (Å²) in [6.45, 7) is 0. The first kappa shape index (κ1) is 14.5. The third kappa shape index (κ3) is 2.47. The summed E-state index contributed by atoms with van der Waals surface area (Å²) in [4.78, 5) is 23.7. The van der Waals surface area contributed by atoms with Gasteiger partial charge in [0, 0.05) is 0 Å². The summed E-state index contributed by atoms with van der Waals surface area (Å²) >= 11 is 4.24. The number of pyridine rings is 1. The summed E-state index contributed by atoms with van der Waals surface area (Å²) in [5.74, 6) is -5.86. The maximum absolute atomic E-state index is 13.1. The summed E-state index contributed by atoms with van der Waals surface area (Å²) in [5, 5.41) is -4.87. The van der Waals surface area contributed by atoms with Gasteiger partial charge in [0.1, 0.15) is 5.56 Å². The molecule has 0 saturated carbocycles. The quantitative estimate of drug-likeness (QED) is 0.526. The van der Waals surface area contributed by atoms with Gasteiger partial charge in [0.2, 0.25) is 0 Å². The molecule has 0 saturated heterocycles. The second kappa shape index (κ2) is 4.60. The molecule has 1 aromatic rings. The van der Waals surface area contributed by atoms with Crippen LogP contribution in [0.25, 0.3) is 0 Å². The molecule has 0 unspecified atom stereocenters. The van der Waals surface area contributed by atoms with Gasteiger partial charge >= 0.3 is 17.3 Å². The highest BCUT2D eigenvalue weighted by Crippen LogP contribution is 2.44. The highest BCUT2D eigenvalue weighted by Gasteiger charge is 2.57. The van der Waals surface area contributed by atoms with Crippen molar-refractivity contribution in [1.29, 1.82) is 0 Å². The molecule has 0 atom stereocenters. The van der Waals surface area contributed by atoms with E-state index < -0.39 is 34.1 Å². The number of methoxy groups -OCH3 is 1. The van der Waals surface area contributed by atoms with Crippen molar-refractivity contribution in [3.63, 3.8) is 0 Å². The third-order valence-corrected chi connectivity index (χ3v) is 2.25. The molecule has 0 aromatic carbocycles. The third-order valence-electron chi connectivity index (χ3n) is 2.01. The highest BCUT2D eigenvalue weighted by molar-refractivity contribution is 6.22. The number of alkyl halides is 5. The van der Waals surface area contributed by atoms with Gasteiger partial charge in [0.25, 0.3) is 5.56 Å². The molecule has 100 valence electrons. The fourth-order valence-electron chi connectivity index (χ4n) is 1.08. The van der Waals surface area contributed by atoms with E-state index >= 15 is 0 Å². The van der Waals surface area contributed by atoms with Crippen LogP contribution in [0.5, 0.6) is 0 Å². The molecule has 0 spiro atoms. The monoisotopic (exact) mass is 287 g/mol. The van der Waals surface area contributed by atoms with E-state index in [1.54, 1.807) is 0 Å². The van der Waals surface area contributed by atoms with Crippen LogP contribution in [0.4, 0.5) is 17.6 Å². The Bertz CT molecular complexity index is 523. The number of hydrogen-bond acceptors (Lipinski definition) is 3. The lowest BCUT2D eigenvalue weighted by Gasteiger charge is -2.20. The van der Waals surface area contributed by atoms with Crippen molar-refractivity contribution in [3.8, 4) is 0 Å². The second-order valence-corrected chi connectivity index (χ2v) is 3.65. The van der Waals surface area contributed by atoms with Crippen LogP contribution in [-0.4, -0.2) is 23.4 Å². The Labute approximate surface area is 103 Å². The molecule has 1 rings (SSSR count). The molecule has 0 aliphatic heterocycles. The Morgan fingerprint density at radius 1 is 1.33 bits per heavy atom. The normalized spacial score (nSPS) is 12.3. The van der Waals surface area contributed by atoms with Gasteiger partial charge in [0.15, 0.2) is 0 Å². The van der Waals surface area contributed by atoms with Crippen LogP contribution in [0, 0.1) is 0 Å². The zero-order chi connectivity index (χ0) is 14.1. The number of halogens is 5. The van der Waals surface area contributed by atoms with E-state index in [9.17, 15) is 27.2 Å². The molecule has 0 fully saturated rings. The molecule has 0 bridgehead atoms. The number of esters is 1. The summed E-state index contributed by atoms with van der Waals surface area (Å²) in [6.07, 6.45) is 0. The van der Waals surface area contributed by atoms with Gasteiger partial charge in [-0.3, -0.25) is 4.79 Å². The molecule has 1 heterocycles.